The van der Waals surface area contributed by atoms with E-state index in [1.54, 1.807) is 14.2 Å². The molecule has 0 bridgehead atoms. The minimum atomic E-state index is -3.26. The van der Waals surface area contributed by atoms with Gasteiger partial charge in [-0.25, -0.2) is 13.1 Å². The summed E-state index contributed by atoms with van der Waals surface area (Å²) in [6.07, 6.45) is 2.10. The molecule has 0 heterocycles. The highest BCUT2D eigenvalue weighted by atomic mass is 127. The molecule has 1 aromatic rings. The monoisotopic (exact) mass is 512 g/mol. The molecule has 0 saturated carbocycles. The van der Waals surface area contributed by atoms with Gasteiger partial charge in [0.05, 0.1) is 13.4 Å². The lowest BCUT2D eigenvalue weighted by Gasteiger charge is -2.26. The first-order valence-electron chi connectivity index (χ1n) is 8.64. The van der Waals surface area contributed by atoms with Crippen LogP contribution in [-0.2, 0) is 10.0 Å². The van der Waals surface area contributed by atoms with Crippen LogP contribution in [0.1, 0.15) is 38.7 Å². The molecule has 0 saturated heterocycles. The van der Waals surface area contributed by atoms with Crippen molar-refractivity contribution < 1.29 is 13.2 Å². The van der Waals surface area contributed by atoms with Gasteiger partial charge < -0.3 is 15.4 Å². The van der Waals surface area contributed by atoms with Gasteiger partial charge in [-0.05, 0) is 43.9 Å². The minimum absolute atomic E-state index is 0. The van der Waals surface area contributed by atoms with E-state index in [-0.39, 0.29) is 24.0 Å². The van der Waals surface area contributed by atoms with Gasteiger partial charge in [0.15, 0.2) is 5.96 Å². The van der Waals surface area contributed by atoms with E-state index in [1.165, 1.54) is 5.56 Å². The summed E-state index contributed by atoms with van der Waals surface area (Å²) in [5.74, 6) is 1.90. The Kier molecular flexibility index (Phi) is 11.2. The number of nitrogens with zero attached hydrogens (tertiary/aromatic N) is 1. The number of benzene rings is 1. The van der Waals surface area contributed by atoms with Crippen LogP contribution >= 0.6 is 24.0 Å². The smallest absolute Gasteiger partial charge is 0.209 e. The zero-order chi connectivity index (χ0) is 19.8. The average Bonchev–Trinajstić information content (AvgIpc) is 2.55. The van der Waals surface area contributed by atoms with Crippen LogP contribution in [0.25, 0.3) is 0 Å². The number of rotatable bonds is 9. The zero-order valence-corrected chi connectivity index (χ0v) is 20.1. The third-order valence-electron chi connectivity index (χ3n) is 3.94. The van der Waals surface area contributed by atoms with Gasteiger partial charge in [0.2, 0.25) is 10.0 Å². The van der Waals surface area contributed by atoms with E-state index in [2.05, 4.69) is 39.4 Å². The van der Waals surface area contributed by atoms with Crippen LogP contribution in [-0.4, -0.2) is 53.4 Å². The SMILES string of the molecule is CN=C(NCCC(C)c1ccc(OC)cc1)NCC(C)(C)NS(C)(=O)=O.I. The lowest BCUT2D eigenvalue weighted by molar-refractivity contribution is 0.414. The molecule has 0 aromatic heterocycles. The second-order valence-corrected chi connectivity index (χ2v) is 8.82. The third-order valence-corrected chi connectivity index (χ3v) is 4.86. The molecule has 3 N–H and O–H groups in total. The molecular weight excluding hydrogens is 479 g/mol. The first-order valence-corrected chi connectivity index (χ1v) is 10.5. The summed E-state index contributed by atoms with van der Waals surface area (Å²) in [4.78, 5) is 4.18. The molecule has 1 unspecified atom stereocenters. The Bertz CT molecular complexity index is 691. The standard InChI is InChI=1S/C18H32N4O3S.HI/c1-14(15-7-9-16(25-5)10-8-15)11-12-20-17(19-4)21-13-18(2,3)22-26(6,23)24;/h7-10,14,22H,11-13H2,1-6H3,(H2,19,20,21);1H. The molecule has 156 valence electrons. The highest BCUT2D eigenvalue weighted by Gasteiger charge is 2.22. The predicted octanol–water partition coefficient (Wildman–Crippen LogP) is 2.30. The second-order valence-electron chi connectivity index (χ2n) is 7.07. The number of sulfonamides is 1. The van der Waals surface area contributed by atoms with Gasteiger partial charge in [-0.1, -0.05) is 19.1 Å². The lowest BCUT2D eigenvalue weighted by Crippen LogP contribution is -2.53. The summed E-state index contributed by atoms with van der Waals surface area (Å²) in [5, 5.41) is 6.42. The molecule has 0 aliphatic rings. The maximum Gasteiger partial charge on any atom is 0.209 e. The van der Waals surface area contributed by atoms with Crippen molar-refractivity contribution in [2.45, 2.75) is 38.6 Å². The van der Waals surface area contributed by atoms with E-state index in [9.17, 15) is 8.42 Å². The Morgan fingerprint density at radius 2 is 1.81 bits per heavy atom. The molecule has 9 heteroatoms. The summed E-state index contributed by atoms with van der Waals surface area (Å²) in [6.45, 7) is 7.00. The van der Waals surface area contributed by atoms with Gasteiger partial charge in [0.1, 0.15) is 5.75 Å². The highest BCUT2D eigenvalue weighted by molar-refractivity contribution is 14.0. The Labute approximate surface area is 180 Å². The molecule has 0 aliphatic heterocycles. The number of aliphatic imine (C=N–C) groups is 1. The van der Waals surface area contributed by atoms with Crippen molar-refractivity contribution in [3.8, 4) is 5.75 Å². The number of ether oxygens (including phenoxy) is 1. The minimum Gasteiger partial charge on any atom is -0.497 e. The third kappa shape index (κ3) is 10.7. The Hall–Kier alpha value is -1.07. The topological polar surface area (TPSA) is 91.8 Å². The summed E-state index contributed by atoms with van der Waals surface area (Å²) in [7, 11) is 0.0946. The van der Waals surface area contributed by atoms with E-state index in [0.717, 1.165) is 25.0 Å². The molecule has 0 amide bonds. The second kappa shape index (κ2) is 11.7. The van der Waals surface area contributed by atoms with Crippen molar-refractivity contribution in [2.75, 3.05) is 33.5 Å². The van der Waals surface area contributed by atoms with E-state index < -0.39 is 15.6 Å². The fraction of sp³-hybridized carbons (Fsp3) is 0.611. The van der Waals surface area contributed by atoms with Crippen LogP contribution in [0.15, 0.2) is 29.3 Å². The highest BCUT2D eigenvalue weighted by Crippen LogP contribution is 2.21. The molecule has 1 aromatic carbocycles. The Morgan fingerprint density at radius 3 is 2.30 bits per heavy atom. The van der Waals surface area contributed by atoms with Crippen LogP contribution < -0.4 is 20.1 Å². The zero-order valence-electron chi connectivity index (χ0n) is 17.0. The molecular formula is C18H33IN4O3S. The molecule has 0 aliphatic carbocycles. The van der Waals surface area contributed by atoms with Gasteiger partial charge in [0, 0.05) is 25.7 Å². The molecule has 1 atom stereocenters. The Balaban J connectivity index is 0.00000676. The maximum atomic E-state index is 11.4. The molecule has 0 spiro atoms. The van der Waals surface area contributed by atoms with Crippen molar-refractivity contribution in [3.05, 3.63) is 29.8 Å². The summed E-state index contributed by atoms with van der Waals surface area (Å²) in [6, 6.07) is 8.10. The fourth-order valence-corrected chi connectivity index (χ4v) is 3.65. The van der Waals surface area contributed by atoms with Crippen LogP contribution in [0.2, 0.25) is 0 Å². The lowest BCUT2D eigenvalue weighted by atomic mass is 9.98. The molecule has 0 radical (unpaired) electrons. The Morgan fingerprint density at radius 1 is 1.22 bits per heavy atom. The van der Waals surface area contributed by atoms with E-state index in [4.69, 9.17) is 4.74 Å². The maximum absolute atomic E-state index is 11.4. The van der Waals surface area contributed by atoms with E-state index in [0.29, 0.717) is 18.4 Å². The normalized spacial score (nSPS) is 13.5. The van der Waals surface area contributed by atoms with Crippen molar-refractivity contribution in [3.63, 3.8) is 0 Å². The average molecular weight is 512 g/mol. The van der Waals surface area contributed by atoms with Gasteiger partial charge in [-0.2, -0.15) is 0 Å². The molecule has 27 heavy (non-hydrogen) atoms. The summed E-state index contributed by atoms with van der Waals surface area (Å²) >= 11 is 0. The largest absolute Gasteiger partial charge is 0.497 e. The first-order chi connectivity index (χ1) is 12.1. The molecule has 0 fully saturated rings. The van der Waals surface area contributed by atoms with Gasteiger partial charge in [-0.15, -0.1) is 24.0 Å². The van der Waals surface area contributed by atoms with Crippen LogP contribution in [0.5, 0.6) is 5.75 Å². The quantitative estimate of drug-likeness (QED) is 0.268. The van der Waals surface area contributed by atoms with Crippen molar-refractivity contribution in [1.82, 2.24) is 15.4 Å². The predicted molar refractivity (Wildman–Crippen MR) is 123 cm³/mol. The van der Waals surface area contributed by atoms with Gasteiger partial charge in [0.25, 0.3) is 0 Å². The van der Waals surface area contributed by atoms with E-state index in [1.807, 2.05) is 26.0 Å². The number of halogens is 1. The van der Waals surface area contributed by atoms with Gasteiger partial charge in [-0.3, -0.25) is 4.99 Å². The fourth-order valence-electron chi connectivity index (χ4n) is 2.57. The van der Waals surface area contributed by atoms with Crippen molar-refractivity contribution >= 4 is 40.0 Å². The summed E-state index contributed by atoms with van der Waals surface area (Å²) in [5.41, 5.74) is 0.649. The van der Waals surface area contributed by atoms with Crippen LogP contribution in [0.3, 0.4) is 0 Å². The molecule has 7 nitrogen and oxygen atoms in total. The van der Waals surface area contributed by atoms with Crippen molar-refractivity contribution in [1.29, 1.82) is 0 Å². The van der Waals surface area contributed by atoms with Gasteiger partial charge >= 0.3 is 0 Å². The number of hydrogen-bond donors (Lipinski definition) is 3. The number of hydrogen-bond acceptors (Lipinski definition) is 4. The van der Waals surface area contributed by atoms with Crippen molar-refractivity contribution in [2.24, 2.45) is 4.99 Å². The van der Waals surface area contributed by atoms with E-state index >= 15 is 0 Å². The van der Waals surface area contributed by atoms with Crippen LogP contribution in [0.4, 0.5) is 0 Å². The number of guanidine groups is 1. The number of methoxy groups -OCH3 is 1. The number of nitrogens with one attached hydrogen (secondary N) is 3. The summed E-state index contributed by atoms with van der Waals surface area (Å²) < 4.78 is 30.6. The first kappa shape index (κ1) is 25.9. The van der Waals surface area contributed by atoms with Crippen LogP contribution in [0, 0.1) is 0 Å². The molecule has 1 rings (SSSR count).